The van der Waals surface area contributed by atoms with E-state index in [0.29, 0.717) is 0 Å². The van der Waals surface area contributed by atoms with Crippen LogP contribution in [0.5, 0.6) is 5.75 Å². The molecule has 88 valence electrons. The van der Waals surface area contributed by atoms with Gasteiger partial charge in [-0.25, -0.2) is 4.39 Å². The first-order valence-corrected chi connectivity index (χ1v) is 4.97. The Morgan fingerprint density at radius 1 is 1.56 bits per heavy atom. The number of para-hydroxylation sites is 1. The van der Waals surface area contributed by atoms with Crippen LogP contribution in [0.25, 0.3) is 0 Å². The number of amides is 1. The number of ether oxygens (including phenoxy) is 1. The van der Waals surface area contributed by atoms with Gasteiger partial charge < -0.3 is 15.2 Å². The van der Waals surface area contributed by atoms with Gasteiger partial charge in [0.05, 0.1) is 11.6 Å². The Bertz CT molecular complexity index is 353. The number of aliphatic hydroxyl groups excluding tert-OH is 1. The zero-order valence-electron chi connectivity index (χ0n) is 8.37. The molecule has 1 amide bonds. The fourth-order valence-electron chi connectivity index (χ4n) is 1.00. The van der Waals surface area contributed by atoms with Crippen LogP contribution in [0.2, 0.25) is 5.02 Å². The van der Waals surface area contributed by atoms with Gasteiger partial charge in [-0.3, -0.25) is 4.79 Å². The van der Waals surface area contributed by atoms with Crippen molar-refractivity contribution in [3.8, 4) is 5.75 Å². The molecule has 0 aliphatic carbocycles. The third-order valence-electron chi connectivity index (χ3n) is 1.70. The summed E-state index contributed by atoms with van der Waals surface area (Å²) in [5, 5.41) is 10.9. The Balaban J connectivity index is 2.51. The van der Waals surface area contributed by atoms with Crippen molar-refractivity contribution in [2.24, 2.45) is 0 Å². The Labute approximate surface area is 97.0 Å². The van der Waals surface area contributed by atoms with Gasteiger partial charge in [0.15, 0.2) is 18.2 Å². The predicted molar refractivity (Wildman–Crippen MR) is 57.0 cm³/mol. The van der Waals surface area contributed by atoms with Gasteiger partial charge in [0.25, 0.3) is 5.91 Å². The fraction of sp³-hybridized carbons (Fsp3) is 0.300. The Kier molecular flexibility index (Phi) is 5.01. The maximum absolute atomic E-state index is 13.2. The number of halogens is 2. The molecule has 0 aliphatic heterocycles. The van der Waals surface area contributed by atoms with Crippen LogP contribution in [0.4, 0.5) is 4.39 Å². The maximum Gasteiger partial charge on any atom is 0.258 e. The molecule has 1 rings (SSSR count). The van der Waals surface area contributed by atoms with Gasteiger partial charge in [-0.2, -0.15) is 0 Å². The number of carbonyl (C=O) groups excluding carboxylic acids is 1. The Hall–Kier alpha value is -1.33. The summed E-state index contributed by atoms with van der Waals surface area (Å²) in [6, 6.07) is 4.09. The summed E-state index contributed by atoms with van der Waals surface area (Å²) in [5.74, 6) is -1.22. The van der Waals surface area contributed by atoms with E-state index in [0.717, 1.165) is 0 Å². The van der Waals surface area contributed by atoms with Crippen LogP contribution >= 0.6 is 11.6 Å². The van der Waals surface area contributed by atoms with Crippen LogP contribution in [-0.2, 0) is 4.79 Å². The lowest BCUT2D eigenvalue weighted by atomic mass is 10.3. The van der Waals surface area contributed by atoms with E-state index >= 15 is 0 Å². The standard InChI is InChI=1S/C10H11ClFNO3/c11-7-2-1-3-8(12)10(7)16-6-9(15)13-4-5-14/h1-3,14H,4-6H2,(H,13,15). The molecule has 0 atom stereocenters. The molecule has 6 heteroatoms. The van der Waals surface area contributed by atoms with Crippen LogP contribution < -0.4 is 10.1 Å². The SMILES string of the molecule is O=C(COc1c(F)cccc1Cl)NCCO. The van der Waals surface area contributed by atoms with Gasteiger partial charge in [-0.05, 0) is 12.1 Å². The van der Waals surface area contributed by atoms with Gasteiger partial charge in [0.2, 0.25) is 0 Å². The lowest BCUT2D eigenvalue weighted by Gasteiger charge is -2.08. The molecule has 0 heterocycles. The molecule has 0 saturated carbocycles. The number of rotatable bonds is 5. The summed E-state index contributed by atoms with van der Waals surface area (Å²) in [6.45, 7) is -0.375. The van der Waals surface area contributed by atoms with E-state index in [2.05, 4.69) is 5.32 Å². The van der Waals surface area contributed by atoms with Crippen LogP contribution in [0.3, 0.4) is 0 Å². The van der Waals surface area contributed by atoms with Gasteiger partial charge in [-0.1, -0.05) is 17.7 Å². The van der Waals surface area contributed by atoms with E-state index in [-0.39, 0.29) is 30.5 Å². The number of hydrogen-bond donors (Lipinski definition) is 2. The zero-order valence-corrected chi connectivity index (χ0v) is 9.13. The Morgan fingerprint density at radius 2 is 2.31 bits per heavy atom. The van der Waals surface area contributed by atoms with Gasteiger partial charge in [0, 0.05) is 6.54 Å². The highest BCUT2D eigenvalue weighted by Gasteiger charge is 2.09. The van der Waals surface area contributed by atoms with Gasteiger partial charge in [0.1, 0.15) is 0 Å². The molecule has 0 aromatic heterocycles. The van der Waals surface area contributed by atoms with E-state index in [1.54, 1.807) is 0 Å². The largest absolute Gasteiger partial charge is 0.479 e. The van der Waals surface area contributed by atoms with Crippen LogP contribution in [0, 0.1) is 5.82 Å². The average molecular weight is 248 g/mol. The molecule has 0 bridgehead atoms. The van der Waals surface area contributed by atoms with Gasteiger partial charge in [-0.15, -0.1) is 0 Å². The van der Waals surface area contributed by atoms with Crippen molar-refractivity contribution >= 4 is 17.5 Å². The summed E-state index contributed by atoms with van der Waals surface area (Å²) in [5.41, 5.74) is 0. The van der Waals surface area contributed by atoms with E-state index in [4.69, 9.17) is 21.4 Å². The second kappa shape index (κ2) is 6.30. The lowest BCUT2D eigenvalue weighted by Crippen LogP contribution is -2.31. The predicted octanol–water partition coefficient (Wildman–Crippen LogP) is 0.966. The Morgan fingerprint density at radius 3 is 2.94 bits per heavy atom. The highest BCUT2D eigenvalue weighted by atomic mass is 35.5. The normalized spacial score (nSPS) is 9.94. The molecular formula is C10H11ClFNO3. The molecule has 0 aliphatic rings. The van der Waals surface area contributed by atoms with Crippen molar-refractivity contribution in [1.82, 2.24) is 5.32 Å². The summed E-state index contributed by atoms with van der Waals surface area (Å²) >= 11 is 5.68. The van der Waals surface area contributed by atoms with E-state index < -0.39 is 11.7 Å². The highest BCUT2D eigenvalue weighted by Crippen LogP contribution is 2.26. The van der Waals surface area contributed by atoms with Gasteiger partial charge >= 0.3 is 0 Å². The summed E-state index contributed by atoms with van der Waals surface area (Å²) in [7, 11) is 0. The molecule has 0 spiro atoms. The van der Waals surface area contributed by atoms with Crippen LogP contribution in [0.1, 0.15) is 0 Å². The molecule has 0 radical (unpaired) electrons. The number of aliphatic hydroxyl groups is 1. The van der Waals surface area contributed by atoms with Crippen molar-refractivity contribution < 1.29 is 19.0 Å². The minimum atomic E-state index is -0.623. The van der Waals surface area contributed by atoms with Crippen molar-refractivity contribution in [2.75, 3.05) is 19.8 Å². The first kappa shape index (κ1) is 12.7. The van der Waals surface area contributed by atoms with E-state index in [1.165, 1.54) is 18.2 Å². The van der Waals surface area contributed by atoms with E-state index in [9.17, 15) is 9.18 Å². The number of nitrogens with one attached hydrogen (secondary N) is 1. The fourth-order valence-corrected chi connectivity index (χ4v) is 1.22. The molecular weight excluding hydrogens is 237 g/mol. The first-order chi connectivity index (χ1) is 7.65. The smallest absolute Gasteiger partial charge is 0.258 e. The van der Waals surface area contributed by atoms with Crippen molar-refractivity contribution in [3.05, 3.63) is 29.0 Å². The number of carbonyl (C=O) groups is 1. The maximum atomic E-state index is 13.2. The minimum Gasteiger partial charge on any atom is -0.479 e. The number of hydrogen-bond acceptors (Lipinski definition) is 3. The van der Waals surface area contributed by atoms with Crippen LogP contribution in [0.15, 0.2) is 18.2 Å². The van der Waals surface area contributed by atoms with E-state index in [1.807, 2.05) is 0 Å². The molecule has 1 aromatic rings. The van der Waals surface area contributed by atoms with Crippen LogP contribution in [-0.4, -0.2) is 30.8 Å². The minimum absolute atomic E-state index is 0.106. The summed E-state index contributed by atoms with van der Waals surface area (Å²) < 4.78 is 18.1. The highest BCUT2D eigenvalue weighted by molar-refractivity contribution is 6.32. The topological polar surface area (TPSA) is 58.6 Å². The molecule has 0 saturated heterocycles. The monoisotopic (exact) mass is 247 g/mol. The van der Waals surface area contributed by atoms with Crippen molar-refractivity contribution in [2.45, 2.75) is 0 Å². The second-order valence-corrected chi connectivity index (χ2v) is 3.32. The lowest BCUT2D eigenvalue weighted by molar-refractivity contribution is -0.123. The molecule has 16 heavy (non-hydrogen) atoms. The molecule has 4 nitrogen and oxygen atoms in total. The molecule has 0 fully saturated rings. The summed E-state index contributed by atoms with van der Waals surface area (Å²) in [6.07, 6.45) is 0. The molecule has 2 N–H and O–H groups in total. The molecule has 0 unspecified atom stereocenters. The summed E-state index contributed by atoms with van der Waals surface area (Å²) in [4.78, 5) is 11.1. The van der Waals surface area contributed by atoms with Crippen molar-refractivity contribution in [1.29, 1.82) is 0 Å². The molecule has 1 aromatic carbocycles. The zero-order chi connectivity index (χ0) is 12.0. The quantitative estimate of drug-likeness (QED) is 0.815. The first-order valence-electron chi connectivity index (χ1n) is 4.59. The third-order valence-corrected chi connectivity index (χ3v) is 2.00. The van der Waals surface area contributed by atoms with Crippen molar-refractivity contribution in [3.63, 3.8) is 0 Å². The second-order valence-electron chi connectivity index (χ2n) is 2.91. The number of benzene rings is 1. The average Bonchev–Trinajstić information content (AvgIpc) is 2.25. The third kappa shape index (κ3) is 3.67.